The summed E-state index contributed by atoms with van der Waals surface area (Å²) in [6.45, 7) is 0.468. The van der Waals surface area contributed by atoms with Crippen LogP contribution in [0.2, 0.25) is 0 Å². The van der Waals surface area contributed by atoms with Crippen LogP contribution in [0.4, 0.5) is 0 Å². The molecule has 1 saturated heterocycles. The van der Waals surface area contributed by atoms with Gasteiger partial charge in [-0.05, 0) is 42.7 Å². The Bertz CT molecular complexity index is 1080. The van der Waals surface area contributed by atoms with Gasteiger partial charge in [-0.25, -0.2) is 8.42 Å². The molecule has 0 bridgehead atoms. The number of hydrogen-bond acceptors (Lipinski definition) is 7. The number of benzene rings is 2. The third kappa shape index (κ3) is 3.05. The van der Waals surface area contributed by atoms with Gasteiger partial charge in [0.25, 0.3) is 0 Å². The van der Waals surface area contributed by atoms with Crippen molar-refractivity contribution in [2.24, 2.45) is 0 Å². The number of ether oxygens (including phenoxy) is 2. The Morgan fingerprint density at radius 2 is 1.93 bits per heavy atom. The van der Waals surface area contributed by atoms with Crippen LogP contribution in [-0.2, 0) is 10.0 Å². The Morgan fingerprint density at radius 3 is 2.70 bits per heavy atom. The van der Waals surface area contributed by atoms with E-state index in [0.29, 0.717) is 29.1 Å². The van der Waals surface area contributed by atoms with E-state index >= 15 is 0 Å². The van der Waals surface area contributed by atoms with Crippen LogP contribution in [0.25, 0.3) is 11.0 Å². The van der Waals surface area contributed by atoms with Gasteiger partial charge in [0, 0.05) is 6.54 Å². The van der Waals surface area contributed by atoms with E-state index in [1.54, 1.807) is 36.7 Å². The number of sulfonamides is 1. The summed E-state index contributed by atoms with van der Waals surface area (Å²) in [5.74, 6) is 1.21. The Balaban J connectivity index is 1.76. The monoisotopic (exact) mass is 405 g/mol. The molecule has 1 fully saturated rings. The topological polar surface area (TPSA) is 81.6 Å². The third-order valence-electron chi connectivity index (χ3n) is 4.83. The van der Waals surface area contributed by atoms with Gasteiger partial charge in [0.05, 0.1) is 32.0 Å². The van der Waals surface area contributed by atoms with E-state index in [1.165, 1.54) is 0 Å². The Morgan fingerprint density at radius 1 is 1.11 bits per heavy atom. The summed E-state index contributed by atoms with van der Waals surface area (Å²) >= 11 is 1.02. The Kier molecular flexibility index (Phi) is 4.75. The highest BCUT2D eigenvalue weighted by molar-refractivity contribution is 7.89. The highest BCUT2D eigenvalue weighted by Crippen LogP contribution is 2.40. The fourth-order valence-corrected chi connectivity index (χ4v) is 5.97. The van der Waals surface area contributed by atoms with Gasteiger partial charge < -0.3 is 9.47 Å². The molecule has 2 heterocycles. The Labute approximate surface area is 161 Å². The molecule has 2 aromatic carbocycles. The summed E-state index contributed by atoms with van der Waals surface area (Å²) in [5, 5.41) is 0. The average molecular weight is 406 g/mol. The number of aromatic nitrogens is 2. The van der Waals surface area contributed by atoms with Gasteiger partial charge in [0.15, 0.2) is 11.5 Å². The van der Waals surface area contributed by atoms with E-state index in [9.17, 15) is 8.42 Å². The molecule has 0 spiro atoms. The van der Waals surface area contributed by atoms with Crippen LogP contribution in [-0.4, -0.2) is 42.2 Å². The highest BCUT2D eigenvalue weighted by atomic mass is 32.2. The first-order chi connectivity index (χ1) is 13.1. The van der Waals surface area contributed by atoms with Crippen molar-refractivity contribution in [1.29, 1.82) is 0 Å². The van der Waals surface area contributed by atoms with Crippen molar-refractivity contribution < 1.29 is 17.9 Å². The van der Waals surface area contributed by atoms with Gasteiger partial charge in [-0.1, -0.05) is 12.1 Å². The quantitative estimate of drug-likeness (QED) is 0.648. The largest absolute Gasteiger partial charge is 0.493 e. The molecule has 1 aliphatic rings. The molecule has 0 saturated carbocycles. The first kappa shape index (κ1) is 18.1. The normalized spacial score (nSPS) is 18.1. The van der Waals surface area contributed by atoms with Gasteiger partial charge in [-0.3, -0.25) is 0 Å². The molecule has 1 atom stereocenters. The minimum Gasteiger partial charge on any atom is -0.493 e. The van der Waals surface area contributed by atoms with E-state index in [4.69, 9.17) is 9.47 Å². The number of methoxy groups -OCH3 is 2. The molecular weight excluding hydrogens is 386 g/mol. The zero-order valence-electron chi connectivity index (χ0n) is 15.0. The first-order valence-electron chi connectivity index (χ1n) is 8.51. The number of hydrogen-bond donors (Lipinski definition) is 0. The predicted octanol–water partition coefficient (Wildman–Crippen LogP) is 3.23. The van der Waals surface area contributed by atoms with Crippen LogP contribution in [0, 0.1) is 0 Å². The van der Waals surface area contributed by atoms with Gasteiger partial charge in [0.2, 0.25) is 10.0 Å². The lowest BCUT2D eigenvalue weighted by molar-refractivity contribution is 0.351. The van der Waals surface area contributed by atoms with Crippen molar-refractivity contribution in [3.05, 3.63) is 42.0 Å². The summed E-state index contributed by atoms with van der Waals surface area (Å²) in [4.78, 5) is 0.209. The summed E-state index contributed by atoms with van der Waals surface area (Å²) in [5.41, 5.74) is 1.92. The predicted molar refractivity (Wildman–Crippen MR) is 103 cm³/mol. The van der Waals surface area contributed by atoms with Crippen molar-refractivity contribution in [3.8, 4) is 11.5 Å². The second-order valence-corrected chi connectivity index (χ2v) is 8.66. The molecule has 0 unspecified atom stereocenters. The molecule has 0 radical (unpaired) electrons. The molecule has 9 heteroatoms. The average Bonchev–Trinajstić information content (AvgIpc) is 3.36. The molecule has 0 amide bonds. The number of rotatable bonds is 5. The molecule has 3 aromatic rings. The van der Waals surface area contributed by atoms with Crippen molar-refractivity contribution in [2.75, 3.05) is 20.8 Å². The molecule has 142 valence electrons. The third-order valence-corrected chi connectivity index (χ3v) is 7.31. The maximum atomic E-state index is 13.4. The minimum atomic E-state index is -3.70. The fraction of sp³-hybridized carbons (Fsp3) is 0.333. The maximum Gasteiger partial charge on any atom is 0.245 e. The van der Waals surface area contributed by atoms with Gasteiger partial charge in [-0.2, -0.15) is 13.1 Å². The van der Waals surface area contributed by atoms with Crippen molar-refractivity contribution >= 4 is 32.8 Å². The van der Waals surface area contributed by atoms with Crippen LogP contribution in [0.1, 0.15) is 24.4 Å². The zero-order valence-corrected chi connectivity index (χ0v) is 16.6. The number of nitrogens with zero attached hydrogens (tertiary/aromatic N) is 3. The molecule has 1 aromatic heterocycles. The summed E-state index contributed by atoms with van der Waals surface area (Å²) in [6.07, 6.45) is 1.55. The second kappa shape index (κ2) is 7.06. The number of fused-ring (bicyclic) bond motifs is 1. The van der Waals surface area contributed by atoms with Gasteiger partial charge >= 0.3 is 0 Å². The molecule has 7 nitrogen and oxygen atoms in total. The van der Waals surface area contributed by atoms with Crippen LogP contribution < -0.4 is 9.47 Å². The van der Waals surface area contributed by atoms with E-state index in [0.717, 1.165) is 30.1 Å². The molecular formula is C18H19N3O4S2. The summed E-state index contributed by atoms with van der Waals surface area (Å²) in [7, 11) is -0.556. The van der Waals surface area contributed by atoms with Crippen LogP contribution in [0.5, 0.6) is 11.5 Å². The van der Waals surface area contributed by atoms with Gasteiger partial charge in [0.1, 0.15) is 15.9 Å². The van der Waals surface area contributed by atoms with Gasteiger partial charge in [-0.15, -0.1) is 0 Å². The SMILES string of the molecule is COc1ccc([C@@H]2CCCN2S(=O)(=O)c2cccc3nsnc23)cc1OC. The fourth-order valence-electron chi connectivity index (χ4n) is 3.54. The van der Waals surface area contributed by atoms with E-state index in [2.05, 4.69) is 8.75 Å². The maximum absolute atomic E-state index is 13.4. The van der Waals surface area contributed by atoms with Crippen LogP contribution >= 0.6 is 11.7 Å². The zero-order chi connectivity index (χ0) is 19.0. The molecule has 4 rings (SSSR count). The lowest BCUT2D eigenvalue weighted by Crippen LogP contribution is -2.30. The van der Waals surface area contributed by atoms with E-state index in [-0.39, 0.29) is 10.9 Å². The molecule has 0 aliphatic carbocycles. The molecule has 27 heavy (non-hydrogen) atoms. The van der Waals surface area contributed by atoms with Crippen LogP contribution in [0.3, 0.4) is 0 Å². The minimum absolute atomic E-state index is 0.209. The molecule has 1 aliphatic heterocycles. The van der Waals surface area contributed by atoms with E-state index < -0.39 is 10.0 Å². The van der Waals surface area contributed by atoms with Crippen molar-refractivity contribution in [1.82, 2.24) is 13.1 Å². The molecule has 0 N–H and O–H groups in total. The lowest BCUT2D eigenvalue weighted by Gasteiger charge is -2.25. The van der Waals surface area contributed by atoms with Crippen molar-refractivity contribution in [3.63, 3.8) is 0 Å². The first-order valence-corrected chi connectivity index (χ1v) is 10.7. The Hall–Kier alpha value is -2.23. The summed E-state index contributed by atoms with van der Waals surface area (Å²) in [6, 6.07) is 10.4. The summed E-state index contributed by atoms with van der Waals surface area (Å²) < 4.78 is 47.4. The smallest absolute Gasteiger partial charge is 0.245 e. The van der Waals surface area contributed by atoms with E-state index in [1.807, 2.05) is 18.2 Å². The standard InChI is InChI=1S/C18H19N3O4S2/c1-24-15-9-8-12(11-16(15)25-2)14-6-4-10-21(14)27(22,23)17-7-3-5-13-18(17)20-26-19-13/h3,5,7-9,11,14H,4,6,10H2,1-2H3/t14-/m0/s1. The van der Waals surface area contributed by atoms with Crippen molar-refractivity contribution in [2.45, 2.75) is 23.8 Å². The second-order valence-electron chi connectivity index (χ2n) is 6.28. The highest BCUT2D eigenvalue weighted by Gasteiger charge is 2.37. The van der Waals surface area contributed by atoms with Crippen LogP contribution in [0.15, 0.2) is 41.3 Å². The lowest BCUT2D eigenvalue weighted by atomic mass is 10.0.